The summed E-state index contributed by atoms with van der Waals surface area (Å²) in [7, 11) is 0. The number of fused-ring (bicyclic) bond motifs is 1. The molecule has 4 bridgehead atoms. The zero-order valence-corrected chi connectivity index (χ0v) is 16.0. The molecule has 4 saturated carbocycles. The Kier molecular flexibility index (Phi) is 4.44. The Hall–Kier alpha value is -2.24. The summed E-state index contributed by atoms with van der Waals surface area (Å²) in [5, 5.41) is 2.79. The Morgan fingerprint density at radius 1 is 1.04 bits per heavy atom. The van der Waals surface area contributed by atoms with Gasteiger partial charge in [0.2, 0.25) is 0 Å². The summed E-state index contributed by atoms with van der Waals surface area (Å²) < 4.78 is 16.9. The smallest absolute Gasteiger partial charge is 0.312 e. The van der Waals surface area contributed by atoms with Gasteiger partial charge < -0.3 is 19.5 Å². The van der Waals surface area contributed by atoms with Crippen molar-refractivity contribution >= 4 is 11.9 Å². The number of esters is 1. The molecule has 1 aromatic carbocycles. The molecule has 5 aliphatic rings. The molecule has 6 heteroatoms. The second kappa shape index (κ2) is 6.98. The van der Waals surface area contributed by atoms with Crippen LogP contribution in [-0.4, -0.2) is 37.7 Å². The van der Waals surface area contributed by atoms with E-state index in [-0.39, 0.29) is 30.0 Å². The highest BCUT2D eigenvalue weighted by Crippen LogP contribution is 2.60. The molecule has 1 atom stereocenters. The van der Waals surface area contributed by atoms with E-state index in [0.717, 1.165) is 25.0 Å². The standard InChI is InChI=1S/C22H27NO5/c24-20(23-11-17-12-26-18-3-1-2-4-19(18)28-17)13-27-21(25)22-8-14-5-15(9-22)7-16(6-14)10-22/h1-4,14-17H,5-13H2,(H,23,24). The second-order valence-electron chi connectivity index (χ2n) is 9.08. The number of rotatable bonds is 5. The summed E-state index contributed by atoms with van der Waals surface area (Å²) in [5.41, 5.74) is -0.320. The molecule has 1 unspecified atom stereocenters. The molecule has 28 heavy (non-hydrogen) atoms. The van der Waals surface area contributed by atoms with Gasteiger partial charge in [-0.15, -0.1) is 0 Å². The van der Waals surface area contributed by atoms with Gasteiger partial charge in [-0.25, -0.2) is 0 Å². The summed E-state index contributed by atoms with van der Waals surface area (Å²) in [6, 6.07) is 7.47. The van der Waals surface area contributed by atoms with Crippen molar-refractivity contribution in [3.05, 3.63) is 24.3 Å². The fourth-order valence-electron chi connectivity index (χ4n) is 6.09. The Labute approximate surface area is 164 Å². The van der Waals surface area contributed by atoms with Crippen molar-refractivity contribution in [3.63, 3.8) is 0 Å². The zero-order valence-electron chi connectivity index (χ0n) is 16.0. The maximum atomic E-state index is 12.8. The molecule has 4 aliphatic carbocycles. The van der Waals surface area contributed by atoms with Gasteiger partial charge >= 0.3 is 5.97 Å². The number of benzene rings is 1. The average Bonchev–Trinajstić information content (AvgIpc) is 2.69. The van der Waals surface area contributed by atoms with Crippen molar-refractivity contribution in [1.29, 1.82) is 0 Å². The summed E-state index contributed by atoms with van der Waals surface area (Å²) in [4.78, 5) is 25.0. The van der Waals surface area contributed by atoms with Crippen LogP contribution in [0.3, 0.4) is 0 Å². The fraction of sp³-hybridized carbons (Fsp3) is 0.636. The van der Waals surface area contributed by atoms with Gasteiger partial charge in [0.25, 0.3) is 5.91 Å². The lowest BCUT2D eigenvalue weighted by Gasteiger charge is -2.55. The lowest BCUT2D eigenvalue weighted by Crippen LogP contribution is -2.51. The number of nitrogens with one attached hydrogen (secondary N) is 1. The van der Waals surface area contributed by atoms with Crippen LogP contribution < -0.4 is 14.8 Å². The predicted molar refractivity (Wildman–Crippen MR) is 101 cm³/mol. The summed E-state index contributed by atoms with van der Waals surface area (Å²) in [5.74, 6) is 2.99. The lowest BCUT2D eigenvalue weighted by atomic mass is 9.49. The third kappa shape index (κ3) is 3.33. The van der Waals surface area contributed by atoms with E-state index in [1.54, 1.807) is 0 Å². The number of amides is 1. The van der Waals surface area contributed by atoms with E-state index in [1.807, 2.05) is 24.3 Å². The van der Waals surface area contributed by atoms with E-state index < -0.39 is 0 Å². The summed E-state index contributed by atoms with van der Waals surface area (Å²) in [6.07, 6.45) is 6.43. The first-order valence-electron chi connectivity index (χ1n) is 10.4. The van der Waals surface area contributed by atoms with Crippen LogP contribution in [0, 0.1) is 23.2 Å². The van der Waals surface area contributed by atoms with E-state index in [0.29, 0.717) is 36.7 Å². The monoisotopic (exact) mass is 385 g/mol. The highest BCUT2D eigenvalue weighted by Gasteiger charge is 2.55. The maximum Gasteiger partial charge on any atom is 0.312 e. The van der Waals surface area contributed by atoms with E-state index in [1.165, 1.54) is 19.3 Å². The molecule has 6 rings (SSSR count). The SMILES string of the molecule is O=C(COC(=O)C12CC3CC(CC(C3)C1)C2)NCC1COc2ccccc2O1. The number of hydrogen-bond donors (Lipinski definition) is 1. The van der Waals surface area contributed by atoms with Crippen LogP contribution in [0.25, 0.3) is 0 Å². The number of ether oxygens (including phenoxy) is 3. The van der Waals surface area contributed by atoms with Gasteiger partial charge in [-0.05, 0) is 68.4 Å². The molecule has 0 radical (unpaired) electrons. The third-order valence-corrected chi connectivity index (χ3v) is 6.90. The van der Waals surface area contributed by atoms with Crippen molar-refractivity contribution in [2.75, 3.05) is 19.8 Å². The molecule has 6 nitrogen and oxygen atoms in total. The molecule has 1 amide bonds. The van der Waals surface area contributed by atoms with Crippen LogP contribution in [0.15, 0.2) is 24.3 Å². The second-order valence-corrected chi connectivity index (χ2v) is 9.08. The molecule has 0 saturated heterocycles. The lowest BCUT2D eigenvalue weighted by molar-refractivity contribution is -0.173. The van der Waals surface area contributed by atoms with Crippen molar-refractivity contribution in [2.24, 2.45) is 23.2 Å². The first-order chi connectivity index (χ1) is 13.6. The highest BCUT2D eigenvalue weighted by molar-refractivity contribution is 5.83. The Bertz CT molecular complexity index is 741. The minimum Gasteiger partial charge on any atom is -0.486 e. The molecule has 1 aliphatic heterocycles. The molecular weight excluding hydrogens is 358 g/mol. The molecule has 1 heterocycles. The Morgan fingerprint density at radius 2 is 1.68 bits per heavy atom. The predicted octanol–water partition coefficient (Wildman–Crippen LogP) is 2.70. The Balaban J connectivity index is 1.09. The van der Waals surface area contributed by atoms with E-state index in [2.05, 4.69) is 5.32 Å². The molecular formula is C22H27NO5. The maximum absolute atomic E-state index is 12.8. The van der Waals surface area contributed by atoms with Crippen LogP contribution in [0.5, 0.6) is 11.5 Å². The van der Waals surface area contributed by atoms with E-state index in [4.69, 9.17) is 14.2 Å². The first kappa shape index (κ1) is 17.8. The van der Waals surface area contributed by atoms with Crippen molar-refractivity contribution in [1.82, 2.24) is 5.32 Å². The highest BCUT2D eigenvalue weighted by atomic mass is 16.6. The topological polar surface area (TPSA) is 73.9 Å². The average molecular weight is 385 g/mol. The largest absolute Gasteiger partial charge is 0.486 e. The molecule has 0 spiro atoms. The van der Waals surface area contributed by atoms with Gasteiger partial charge in [-0.2, -0.15) is 0 Å². The molecule has 150 valence electrons. The van der Waals surface area contributed by atoms with Crippen LogP contribution in [0.4, 0.5) is 0 Å². The minimum atomic E-state index is -0.320. The third-order valence-electron chi connectivity index (χ3n) is 6.90. The normalized spacial score (nSPS) is 34.7. The fourth-order valence-corrected chi connectivity index (χ4v) is 6.09. The van der Waals surface area contributed by atoms with Crippen LogP contribution in [-0.2, 0) is 14.3 Å². The Morgan fingerprint density at radius 3 is 2.36 bits per heavy atom. The van der Waals surface area contributed by atoms with Gasteiger partial charge in [0.15, 0.2) is 18.1 Å². The quantitative estimate of drug-likeness (QED) is 0.789. The van der Waals surface area contributed by atoms with Gasteiger partial charge in [-0.1, -0.05) is 12.1 Å². The summed E-state index contributed by atoms with van der Waals surface area (Å²) >= 11 is 0. The minimum absolute atomic E-state index is 0.159. The summed E-state index contributed by atoms with van der Waals surface area (Å²) in [6.45, 7) is 0.483. The van der Waals surface area contributed by atoms with Crippen molar-refractivity contribution in [2.45, 2.75) is 44.6 Å². The molecule has 0 aromatic heterocycles. The van der Waals surface area contributed by atoms with Gasteiger partial charge in [-0.3, -0.25) is 9.59 Å². The van der Waals surface area contributed by atoms with Crippen molar-refractivity contribution < 1.29 is 23.8 Å². The van der Waals surface area contributed by atoms with Gasteiger partial charge in [0.1, 0.15) is 12.7 Å². The van der Waals surface area contributed by atoms with Gasteiger partial charge in [0, 0.05) is 0 Å². The van der Waals surface area contributed by atoms with Crippen LogP contribution >= 0.6 is 0 Å². The number of para-hydroxylation sites is 2. The zero-order chi connectivity index (χ0) is 19.1. The number of hydrogen-bond acceptors (Lipinski definition) is 5. The van der Waals surface area contributed by atoms with E-state index >= 15 is 0 Å². The molecule has 1 aromatic rings. The van der Waals surface area contributed by atoms with Crippen molar-refractivity contribution in [3.8, 4) is 11.5 Å². The molecule has 4 fully saturated rings. The first-order valence-corrected chi connectivity index (χ1v) is 10.4. The number of carbonyl (C=O) groups excluding carboxylic acids is 2. The van der Waals surface area contributed by atoms with Crippen LogP contribution in [0.2, 0.25) is 0 Å². The van der Waals surface area contributed by atoms with Gasteiger partial charge in [0.05, 0.1) is 12.0 Å². The molecule has 1 N–H and O–H groups in total. The van der Waals surface area contributed by atoms with Crippen LogP contribution in [0.1, 0.15) is 38.5 Å². The number of carbonyl (C=O) groups is 2. The van der Waals surface area contributed by atoms with E-state index in [9.17, 15) is 9.59 Å².